The van der Waals surface area contributed by atoms with Gasteiger partial charge < -0.3 is 25.0 Å². The van der Waals surface area contributed by atoms with Crippen molar-refractivity contribution in [3.05, 3.63) is 29.8 Å². The highest BCUT2D eigenvalue weighted by Gasteiger charge is 2.12. The van der Waals surface area contributed by atoms with Crippen LogP contribution in [-0.4, -0.2) is 86.3 Å². The number of aliphatic hydroxyl groups excluding tert-OH is 3. The molecule has 1 rings (SSSR count). The molecule has 0 fully saturated rings. The lowest BCUT2D eigenvalue weighted by atomic mass is 10.0. The van der Waals surface area contributed by atoms with E-state index in [4.69, 9.17) is 20.1 Å². The summed E-state index contributed by atoms with van der Waals surface area (Å²) in [4.78, 5) is 15.8. The third kappa shape index (κ3) is 12.8. The van der Waals surface area contributed by atoms with Crippen molar-refractivity contribution in [2.75, 3.05) is 65.1 Å². The minimum Gasteiger partial charge on any atom is -0.462 e. The number of carbonyl (C=O) groups excluding carboxylic acids is 1. The first-order valence-corrected chi connectivity index (χ1v) is 10.9. The van der Waals surface area contributed by atoms with Crippen molar-refractivity contribution in [2.24, 2.45) is 5.92 Å². The molecule has 0 radical (unpaired) electrons. The molecular formula is C23H42N2O5. The second kappa shape index (κ2) is 18.1. The Morgan fingerprint density at radius 2 is 1.50 bits per heavy atom. The summed E-state index contributed by atoms with van der Waals surface area (Å²) in [5.41, 5.74) is 1.71. The van der Waals surface area contributed by atoms with Crippen LogP contribution in [0.1, 0.15) is 49.9 Å². The number of anilines is 1. The number of hydrogen-bond donors (Lipinski definition) is 3. The summed E-state index contributed by atoms with van der Waals surface area (Å²) < 4.78 is 5.43. The van der Waals surface area contributed by atoms with Gasteiger partial charge in [-0.3, -0.25) is 4.90 Å². The molecule has 0 aromatic heterocycles. The van der Waals surface area contributed by atoms with Gasteiger partial charge in [-0.2, -0.15) is 0 Å². The fourth-order valence-electron chi connectivity index (χ4n) is 2.83. The van der Waals surface area contributed by atoms with Crippen LogP contribution in [0.15, 0.2) is 24.3 Å². The Bertz CT molecular complexity index is 523. The number of unbranched alkanes of at least 4 members (excludes halogenated alkanes) is 1. The fraction of sp³-hybridized carbons (Fsp3) is 0.696. The van der Waals surface area contributed by atoms with E-state index in [0.717, 1.165) is 18.5 Å². The lowest BCUT2D eigenvalue weighted by Gasteiger charge is -2.17. The summed E-state index contributed by atoms with van der Waals surface area (Å²) in [6.07, 6.45) is 4.59. The maximum Gasteiger partial charge on any atom is 0.338 e. The Morgan fingerprint density at radius 1 is 0.967 bits per heavy atom. The topological polar surface area (TPSA) is 93.5 Å². The van der Waals surface area contributed by atoms with E-state index >= 15 is 0 Å². The van der Waals surface area contributed by atoms with Crippen molar-refractivity contribution in [3.8, 4) is 0 Å². The number of hydrogen-bond acceptors (Lipinski definition) is 7. The molecule has 30 heavy (non-hydrogen) atoms. The Balaban J connectivity index is 0.000000710. The Labute approximate surface area is 182 Å². The molecule has 1 unspecified atom stereocenters. The number of aliphatic hydroxyl groups is 3. The predicted molar refractivity (Wildman–Crippen MR) is 122 cm³/mol. The molecule has 1 atom stereocenters. The van der Waals surface area contributed by atoms with Crippen LogP contribution in [0.25, 0.3) is 0 Å². The van der Waals surface area contributed by atoms with Crippen molar-refractivity contribution in [1.29, 1.82) is 0 Å². The molecule has 0 aliphatic heterocycles. The first kappa shape index (κ1) is 28.3. The van der Waals surface area contributed by atoms with E-state index in [-0.39, 0.29) is 25.8 Å². The van der Waals surface area contributed by atoms with E-state index in [1.54, 1.807) is 4.90 Å². The Kier molecular flexibility index (Phi) is 17.1. The van der Waals surface area contributed by atoms with Gasteiger partial charge in [0.05, 0.1) is 32.0 Å². The molecule has 3 N–H and O–H groups in total. The Hall–Kier alpha value is -1.67. The van der Waals surface area contributed by atoms with Crippen LogP contribution in [0, 0.1) is 5.92 Å². The quantitative estimate of drug-likeness (QED) is 0.393. The largest absolute Gasteiger partial charge is 0.462 e. The molecule has 0 aliphatic carbocycles. The number of ether oxygens (including phenoxy) is 1. The van der Waals surface area contributed by atoms with E-state index in [2.05, 4.69) is 13.8 Å². The van der Waals surface area contributed by atoms with Crippen molar-refractivity contribution >= 4 is 11.7 Å². The van der Waals surface area contributed by atoms with Gasteiger partial charge in [-0.1, -0.05) is 33.1 Å². The highest BCUT2D eigenvalue weighted by atomic mass is 16.5. The number of carbonyl (C=O) groups is 1. The highest BCUT2D eigenvalue weighted by molar-refractivity contribution is 5.89. The van der Waals surface area contributed by atoms with Gasteiger partial charge >= 0.3 is 5.97 Å². The molecule has 0 bridgehead atoms. The molecule has 0 amide bonds. The molecule has 0 saturated carbocycles. The molecular weight excluding hydrogens is 384 g/mol. The van der Waals surface area contributed by atoms with Crippen molar-refractivity contribution in [3.63, 3.8) is 0 Å². The van der Waals surface area contributed by atoms with E-state index in [1.165, 1.54) is 12.8 Å². The number of rotatable bonds is 14. The monoisotopic (exact) mass is 426 g/mol. The SMILES string of the molecule is CCCCC(CC)COC(=O)c1ccc(N(C)C)cc1.OCCN(CCO)CCO. The molecule has 0 aliphatic rings. The first-order valence-electron chi connectivity index (χ1n) is 10.9. The van der Waals surface area contributed by atoms with Gasteiger partial charge in [-0.05, 0) is 36.6 Å². The van der Waals surface area contributed by atoms with Crippen molar-refractivity contribution in [2.45, 2.75) is 39.5 Å². The van der Waals surface area contributed by atoms with Crippen LogP contribution in [0.5, 0.6) is 0 Å². The smallest absolute Gasteiger partial charge is 0.338 e. The fourth-order valence-corrected chi connectivity index (χ4v) is 2.83. The van der Waals surface area contributed by atoms with Gasteiger partial charge in [0.25, 0.3) is 0 Å². The zero-order valence-corrected chi connectivity index (χ0v) is 19.2. The van der Waals surface area contributed by atoms with E-state index in [0.29, 0.717) is 37.7 Å². The van der Waals surface area contributed by atoms with Crippen LogP contribution < -0.4 is 4.90 Å². The molecule has 0 heterocycles. The third-order valence-corrected chi connectivity index (χ3v) is 4.86. The van der Waals surface area contributed by atoms with E-state index in [9.17, 15) is 4.79 Å². The molecule has 7 nitrogen and oxygen atoms in total. The van der Waals surface area contributed by atoms with Gasteiger partial charge in [-0.25, -0.2) is 4.79 Å². The molecule has 0 saturated heterocycles. The minimum absolute atomic E-state index is 0.0694. The number of esters is 1. The van der Waals surface area contributed by atoms with Crippen LogP contribution in [0.4, 0.5) is 5.69 Å². The molecule has 1 aromatic rings. The summed E-state index contributed by atoms with van der Waals surface area (Å²) >= 11 is 0. The van der Waals surface area contributed by atoms with Crippen LogP contribution in [0.2, 0.25) is 0 Å². The zero-order chi connectivity index (χ0) is 22.8. The van der Waals surface area contributed by atoms with Gasteiger partial charge in [0.1, 0.15) is 0 Å². The van der Waals surface area contributed by atoms with Crippen LogP contribution in [0.3, 0.4) is 0 Å². The number of benzene rings is 1. The molecule has 174 valence electrons. The molecule has 1 aromatic carbocycles. The maximum absolute atomic E-state index is 12.0. The second-order valence-corrected chi connectivity index (χ2v) is 7.47. The molecule has 0 spiro atoms. The average molecular weight is 427 g/mol. The summed E-state index contributed by atoms with van der Waals surface area (Å²) in [5.74, 6) is 0.269. The summed E-state index contributed by atoms with van der Waals surface area (Å²) in [6.45, 7) is 6.62. The average Bonchev–Trinajstić information content (AvgIpc) is 2.75. The van der Waals surface area contributed by atoms with Gasteiger partial charge in [0.15, 0.2) is 0 Å². The van der Waals surface area contributed by atoms with Crippen molar-refractivity contribution in [1.82, 2.24) is 4.90 Å². The van der Waals surface area contributed by atoms with Gasteiger partial charge in [0.2, 0.25) is 0 Å². The summed E-state index contributed by atoms with van der Waals surface area (Å²) in [7, 11) is 3.96. The summed E-state index contributed by atoms with van der Waals surface area (Å²) in [6, 6.07) is 7.52. The lowest BCUT2D eigenvalue weighted by molar-refractivity contribution is 0.0428. The minimum atomic E-state index is -0.217. The maximum atomic E-state index is 12.0. The normalized spacial score (nSPS) is 11.6. The highest BCUT2D eigenvalue weighted by Crippen LogP contribution is 2.16. The Morgan fingerprint density at radius 3 is 1.90 bits per heavy atom. The van der Waals surface area contributed by atoms with Crippen LogP contribution in [-0.2, 0) is 4.74 Å². The van der Waals surface area contributed by atoms with Gasteiger partial charge in [-0.15, -0.1) is 0 Å². The third-order valence-electron chi connectivity index (χ3n) is 4.86. The molecule has 7 heteroatoms. The lowest BCUT2D eigenvalue weighted by Crippen LogP contribution is -2.32. The zero-order valence-electron chi connectivity index (χ0n) is 19.2. The van der Waals surface area contributed by atoms with Crippen LogP contribution >= 0.6 is 0 Å². The standard InChI is InChI=1S/C17H27NO2.C6H15NO3/c1-5-7-8-14(6-2)13-20-17(19)15-9-11-16(12-10-15)18(3)4;8-4-1-7(2-5-9)3-6-10/h9-12,14H,5-8,13H2,1-4H3;8-10H,1-6H2. The van der Waals surface area contributed by atoms with Gasteiger partial charge in [0, 0.05) is 39.4 Å². The summed E-state index contributed by atoms with van der Waals surface area (Å²) in [5, 5.41) is 25.5. The van der Waals surface area contributed by atoms with E-state index in [1.807, 2.05) is 43.3 Å². The van der Waals surface area contributed by atoms with E-state index < -0.39 is 0 Å². The first-order chi connectivity index (χ1) is 14.4. The van der Waals surface area contributed by atoms with Crippen molar-refractivity contribution < 1.29 is 24.9 Å². The second-order valence-electron chi connectivity index (χ2n) is 7.47. The number of nitrogens with zero attached hydrogens (tertiary/aromatic N) is 2. The predicted octanol–water partition coefficient (Wildman–Crippen LogP) is 2.39.